The first-order chi connectivity index (χ1) is 31.3. The Bertz CT molecular complexity index is 3220. The summed E-state index contributed by atoms with van der Waals surface area (Å²) in [5.74, 6) is 0. The third kappa shape index (κ3) is 5.87. The fourth-order valence-electron chi connectivity index (χ4n) is 10.4. The van der Waals surface area contributed by atoms with Gasteiger partial charge in [-0.2, -0.15) is 0 Å². The summed E-state index contributed by atoms with van der Waals surface area (Å²) in [4.78, 5) is 4.84. The summed E-state index contributed by atoms with van der Waals surface area (Å²) in [6.07, 6.45) is 0. The Morgan fingerprint density at radius 1 is 0.222 bits per heavy atom. The average Bonchev–Trinajstić information content (AvgIpc) is 3.82. The Morgan fingerprint density at radius 3 is 1.13 bits per heavy atom. The van der Waals surface area contributed by atoms with Crippen LogP contribution in [-0.2, 0) is 5.41 Å². The van der Waals surface area contributed by atoms with Crippen LogP contribution in [0.2, 0.25) is 0 Å². The lowest BCUT2D eigenvalue weighted by Crippen LogP contribution is -2.26. The Labute approximate surface area is 369 Å². The Morgan fingerprint density at radius 2 is 0.587 bits per heavy atom. The Kier molecular flexibility index (Phi) is 8.76. The van der Waals surface area contributed by atoms with Gasteiger partial charge in [0, 0.05) is 34.0 Å². The average molecular weight is 803 g/mol. The van der Waals surface area contributed by atoms with Gasteiger partial charge in [-0.25, -0.2) is 0 Å². The van der Waals surface area contributed by atoms with Crippen molar-refractivity contribution in [1.82, 2.24) is 0 Å². The molecule has 2 heteroatoms. The minimum atomic E-state index is -0.565. The number of anilines is 6. The van der Waals surface area contributed by atoms with Crippen molar-refractivity contribution in [3.63, 3.8) is 0 Å². The quantitative estimate of drug-likeness (QED) is 0.151. The lowest BCUT2D eigenvalue weighted by atomic mass is 9.70. The molecule has 0 bridgehead atoms. The molecule has 0 aromatic heterocycles. The van der Waals surface area contributed by atoms with Crippen LogP contribution in [-0.4, -0.2) is 0 Å². The molecule has 0 saturated heterocycles. The lowest BCUT2D eigenvalue weighted by molar-refractivity contribution is 0.793. The third-order valence-corrected chi connectivity index (χ3v) is 13.1. The molecule has 0 amide bonds. The van der Waals surface area contributed by atoms with Gasteiger partial charge in [0.15, 0.2) is 0 Å². The number of hydrogen-bond acceptors (Lipinski definition) is 2. The normalized spacial score (nSPS) is 14.1. The largest absolute Gasteiger partial charge is 0.310 e. The van der Waals surface area contributed by atoms with E-state index < -0.39 is 5.41 Å². The number of hydrogen-bond donors (Lipinski definition) is 0. The summed E-state index contributed by atoms with van der Waals surface area (Å²) in [5, 5.41) is 0. The molecule has 2 aliphatic rings. The first-order valence-electron chi connectivity index (χ1n) is 21.8. The van der Waals surface area contributed by atoms with E-state index in [4.69, 9.17) is 0 Å². The minimum Gasteiger partial charge on any atom is -0.310 e. The standard InChI is InChI=1S/C61H42N2/c1-5-19-43(20-6-1)44-33-35-48(36-34-44)63(60-32-18-15-27-51(60)45-21-7-2-8-22-45)50-38-40-55-53-29-14-17-31-57(53)61(59(55)42-50)56-30-16-13-28-52(56)54-39-37-49(41-58(54)61)62(46-23-9-3-10-24-46)47-25-11-4-12-26-47/h1-42H. The molecule has 0 heterocycles. The van der Waals surface area contributed by atoms with E-state index in [1.165, 1.54) is 66.8 Å². The van der Waals surface area contributed by atoms with E-state index in [1.807, 2.05) is 0 Å². The van der Waals surface area contributed by atoms with E-state index >= 15 is 0 Å². The zero-order valence-corrected chi connectivity index (χ0v) is 34.6. The molecule has 10 aromatic carbocycles. The molecule has 296 valence electrons. The molecule has 2 aliphatic carbocycles. The smallest absolute Gasteiger partial charge is 0.0727 e. The van der Waals surface area contributed by atoms with Gasteiger partial charge < -0.3 is 9.80 Å². The summed E-state index contributed by atoms with van der Waals surface area (Å²) >= 11 is 0. The van der Waals surface area contributed by atoms with E-state index in [0.29, 0.717) is 0 Å². The van der Waals surface area contributed by atoms with Gasteiger partial charge in [0.1, 0.15) is 0 Å². The zero-order chi connectivity index (χ0) is 41.7. The molecule has 1 unspecified atom stereocenters. The number of para-hydroxylation sites is 3. The lowest BCUT2D eigenvalue weighted by Gasteiger charge is -2.33. The van der Waals surface area contributed by atoms with Gasteiger partial charge in [0.05, 0.1) is 11.1 Å². The third-order valence-electron chi connectivity index (χ3n) is 13.1. The Balaban J connectivity index is 1.11. The predicted octanol–water partition coefficient (Wildman–Crippen LogP) is 16.3. The van der Waals surface area contributed by atoms with Gasteiger partial charge in [0.2, 0.25) is 0 Å². The molecule has 1 atom stereocenters. The number of nitrogens with zero attached hydrogens (tertiary/aromatic N) is 2. The summed E-state index contributed by atoms with van der Waals surface area (Å²) < 4.78 is 0. The van der Waals surface area contributed by atoms with Crippen LogP contribution in [0.25, 0.3) is 44.5 Å². The van der Waals surface area contributed by atoms with E-state index in [-0.39, 0.29) is 0 Å². The second-order valence-corrected chi connectivity index (χ2v) is 16.4. The van der Waals surface area contributed by atoms with Crippen LogP contribution in [0.3, 0.4) is 0 Å². The SMILES string of the molecule is c1ccc(-c2ccc(N(c3ccc4c(c3)C3(c5ccccc5-c5ccc(N(c6ccccc6)c6ccccc6)cc53)c3ccccc3-4)c3ccccc3-c3ccccc3)cc2)cc1. The maximum atomic E-state index is 2.49. The van der Waals surface area contributed by atoms with Crippen LogP contribution < -0.4 is 9.80 Å². The van der Waals surface area contributed by atoms with Gasteiger partial charge in [-0.1, -0.05) is 188 Å². The number of benzene rings is 10. The molecule has 2 nitrogen and oxygen atoms in total. The van der Waals surface area contributed by atoms with Crippen LogP contribution in [0, 0.1) is 0 Å². The van der Waals surface area contributed by atoms with Gasteiger partial charge in [-0.15, -0.1) is 0 Å². The van der Waals surface area contributed by atoms with Crippen molar-refractivity contribution in [2.45, 2.75) is 5.41 Å². The number of rotatable bonds is 8. The molecule has 0 N–H and O–H groups in total. The molecule has 0 fully saturated rings. The zero-order valence-electron chi connectivity index (χ0n) is 34.6. The maximum absolute atomic E-state index is 2.49. The molecule has 0 radical (unpaired) electrons. The van der Waals surface area contributed by atoms with Crippen molar-refractivity contribution in [3.05, 3.63) is 277 Å². The van der Waals surface area contributed by atoms with Gasteiger partial charge in [-0.05, 0) is 128 Å². The van der Waals surface area contributed by atoms with Gasteiger partial charge >= 0.3 is 0 Å². The predicted molar refractivity (Wildman–Crippen MR) is 263 cm³/mol. The highest BCUT2D eigenvalue weighted by Gasteiger charge is 2.52. The van der Waals surface area contributed by atoms with E-state index in [0.717, 1.165) is 34.1 Å². The highest BCUT2D eigenvalue weighted by Crippen LogP contribution is 2.64. The summed E-state index contributed by atoms with van der Waals surface area (Å²) in [6, 6.07) is 93.2. The van der Waals surface area contributed by atoms with Crippen molar-refractivity contribution in [2.24, 2.45) is 0 Å². The first kappa shape index (κ1) is 36.6. The molecular weight excluding hydrogens is 761 g/mol. The van der Waals surface area contributed by atoms with Crippen molar-refractivity contribution in [3.8, 4) is 44.5 Å². The van der Waals surface area contributed by atoms with Gasteiger partial charge in [0.25, 0.3) is 0 Å². The monoisotopic (exact) mass is 802 g/mol. The van der Waals surface area contributed by atoms with Crippen molar-refractivity contribution < 1.29 is 0 Å². The molecule has 0 saturated carbocycles. The van der Waals surface area contributed by atoms with Crippen molar-refractivity contribution >= 4 is 34.1 Å². The molecule has 1 spiro atoms. The van der Waals surface area contributed by atoms with Crippen LogP contribution in [0.4, 0.5) is 34.1 Å². The molecule has 0 aliphatic heterocycles. The van der Waals surface area contributed by atoms with Crippen LogP contribution >= 0.6 is 0 Å². The van der Waals surface area contributed by atoms with Crippen LogP contribution in [0.15, 0.2) is 255 Å². The molecule has 63 heavy (non-hydrogen) atoms. The highest BCUT2D eigenvalue weighted by atomic mass is 15.1. The van der Waals surface area contributed by atoms with E-state index in [2.05, 4.69) is 265 Å². The fraction of sp³-hybridized carbons (Fsp3) is 0.0164. The topological polar surface area (TPSA) is 6.48 Å². The summed E-state index contributed by atoms with van der Waals surface area (Å²) in [7, 11) is 0. The van der Waals surface area contributed by atoms with Crippen LogP contribution in [0.1, 0.15) is 22.3 Å². The molecule has 12 rings (SSSR count). The van der Waals surface area contributed by atoms with Crippen LogP contribution in [0.5, 0.6) is 0 Å². The molecular formula is C61H42N2. The van der Waals surface area contributed by atoms with Crippen molar-refractivity contribution in [1.29, 1.82) is 0 Å². The number of fused-ring (bicyclic) bond motifs is 10. The maximum Gasteiger partial charge on any atom is 0.0727 e. The van der Waals surface area contributed by atoms with Crippen molar-refractivity contribution in [2.75, 3.05) is 9.80 Å². The first-order valence-corrected chi connectivity index (χ1v) is 21.8. The van der Waals surface area contributed by atoms with E-state index in [1.54, 1.807) is 0 Å². The highest BCUT2D eigenvalue weighted by molar-refractivity contribution is 5.98. The van der Waals surface area contributed by atoms with Gasteiger partial charge in [-0.3, -0.25) is 0 Å². The Hall–Kier alpha value is -8.20. The fourth-order valence-corrected chi connectivity index (χ4v) is 10.4. The minimum absolute atomic E-state index is 0.565. The second kappa shape index (κ2) is 15.1. The van der Waals surface area contributed by atoms with E-state index in [9.17, 15) is 0 Å². The summed E-state index contributed by atoms with van der Waals surface area (Å²) in [6.45, 7) is 0. The molecule has 10 aromatic rings. The summed E-state index contributed by atoms with van der Waals surface area (Å²) in [5.41, 5.74) is 21.2. The second-order valence-electron chi connectivity index (χ2n) is 16.4.